The number of piperidine rings is 1. The lowest BCUT2D eigenvalue weighted by molar-refractivity contribution is 0.156. The van der Waals surface area contributed by atoms with E-state index in [0.29, 0.717) is 11.1 Å². The lowest BCUT2D eigenvalue weighted by Crippen LogP contribution is -2.33. The third-order valence-electron chi connectivity index (χ3n) is 5.09. The van der Waals surface area contributed by atoms with Crippen LogP contribution in [-0.2, 0) is 0 Å². The van der Waals surface area contributed by atoms with E-state index in [-0.39, 0.29) is 17.3 Å². The molecule has 0 spiro atoms. The molecule has 1 unspecified atom stereocenters. The largest absolute Gasteiger partial charge is 0.493 e. The summed E-state index contributed by atoms with van der Waals surface area (Å²) in [6.07, 6.45) is 7.53. The van der Waals surface area contributed by atoms with Gasteiger partial charge < -0.3 is 5.11 Å². The molecule has 1 aromatic carbocycles. The summed E-state index contributed by atoms with van der Waals surface area (Å²) in [5.41, 5.74) is -1.14. The van der Waals surface area contributed by atoms with E-state index in [1.54, 1.807) is 12.4 Å². The Kier molecular flexibility index (Phi) is 5.42. The van der Waals surface area contributed by atoms with Crippen molar-refractivity contribution in [1.82, 2.24) is 19.5 Å². The number of aromatic amines is 1. The van der Waals surface area contributed by atoms with Crippen LogP contribution < -0.4 is 11.2 Å². The van der Waals surface area contributed by atoms with Crippen molar-refractivity contribution in [2.24, 2.45) is 5.10 Å². The summed E-state index contributed by atoms with van der Waals surface area (Å²) in [4.78, 5) is 30.8. The zero-order valence-corrected chi connectivity index (χ0v) is 16.0. The predicted octanol–water partition coefficient (Wildman–Crippen LogP) is 2.33. The molecule has 154 valence electrons. The maximum atomic E-state index is 14.2. The topological polar surface area (TPSA) is 104 Å². The van der Waals surface area contributed by atoms with Crippen molar-refractivity contribution in [3.8, 4) is 11.6 Å². The molecule has 1 atom stereocenters. The number of hydrogen-bond donors (Lipinski definition) is 2. The van der Waals surface area contributed by atoms with Crippen LogP contribution >= 0.6 is 0 Å². The van der Waals surface area contributed by atoms with E-state index in [2.05, 4.69) is 15.1 Å². The molecule has 1 saturated heterocycles. The van der Waals surface area contributed by atoms with E-state index in [0.717, 1.165) is 30.9 Å². The standard InChI is InChI=1S/C21H20FN5O3/c22-16-7-1-2-9-18(16)27-20(29)15(19(28)25-21(27)30)13-24-26-11-4-3-8-17(26)14-6-5-10-23-12-14/h1-2,5-7,9-10,12-13,17,29H,3-4,8,11H2,(H,25,28,30). The van der Waals surface area contributed by atoms with E-state index in [4.69, 9.17) is 0 Å². The zero-order valence-electron chi connectivity index (χ0n) is 16.0. The van der Waals surface area contributed by atoms with E-state index in [1.165, 1.54) is 24.4 Å². The van der Waals surface area contributed by atoms with Gasteiger partial charge in [-0.3, -0.25) is 19.8 Å². The minimum atomic E-state index is -0.939. The summed E-state index contributed by atoms with van der Waals surface area (Å²) in [6, 6.07) is 9.29. The average molecular weight is 409 g/mol. The van der Waals surface area contributed by atoms with Gasteiger partial charge in [-0.1, -0.05) is 18.2 Å². The molecular weight excluding hydrogens is 389 g/mol. The number of aromatic nitrogens is 3. The Labute approximate surface area is 171 Å². The van der Waals surface area contributed by atoms with Crippen molar-refractivity contribution in [2.75, 3.05) is 6.54 Å². The first-order valence-corrected chi connectivity index (χ1v) is 9.60. The van der Waals surface area contributed by atoms with Gasteiger partial charge >= 0.3 is 5.69 Å². The fraction of sp³-hybridized carbons (Fsp3) is 0.238. The average Bonchev–Trinajstić information content (AvgIpc) is 2.75. The Balaban J connectivity index is 1.73. The number of nitrogens with one attached hydrogen (secondary N) is 1. The van der Waals surface area contributed by atoms with Crippen molar-refractivity contribution in [1.29, 1.82) is 0 Å². The Hall–Kier alpha value is -3.75. The molecule has 3 aromatic rings. The highest BCUT2D eigenvalue weighted by molar-refractivity contribution is 5.82. The molecule has 0 saturated carbocycles. The Morgan fingerprint density at radius 3 is 2.80 bits per heavy atom. The fourth-order valence-electron chi connectivity index (χ4n) is 3.61. The monoisotopic (exact) mass is 409 g/mol. The van der Waals surface area contributed by atoms with Crippen LogP contribution in [0.5, 0.6) is 5.88 Å². The number of nitrogens with zero attached hydrogens (tertiary/aromatic N) is 4. The van der Waals surface area contributed by atoms with Crippen LogP contribution in [0.25, 0.3) is 5.69 Å². The molecule has 0 radical (unpaired) electrons. The summed E-state index contributed by atoms with van der Waals surface area (Å²) in [6.45, 7) is 0.668. The number of hydrazone groups is 1. The first-order chi connectivity index (χ1) is 14.6. The van der Waals surface area contributed by atoms with Crippen LogP contribution in [0.4, 0.5) is 4.39 Å². The second-order valence-electron chi connectivity index (χ2n) is 6.99. The van der Waals surface area contributed by atoms with Gasteiger partial charge in [-0.05, 0) is 43.0 Å². The van der Waals surface area contributed by atoms with Crippen LogP contribution in [0, 0.1) is 5.82 Å². The SMILES string of the molecule is O=c1[nH]c(=O)n(-c2ccccc2F)c(O)c1C=NN1CCCCC1c1cccnc1. The van der Waals surface area contributed by atoms with Crippen molar-refractivity contribution < 1.29 is 9.50 Å². The van der Waals surface area contributed by atoms with Crippen molar-refractivity contribution in [3.05, 3.63) is 86.6 Å². The minimum absolute atomic E-state index is 0.0117. The first kappa shape index (κ1) is 19.6. The summed E-state index contributed by atoms with van der Waals surface area (Å²) in [5, 5.41) is 16.8. The van der Waals surface area contributed by atoms with Crippen LogP contribution in [0.3, 0.4) is 0 Å². The number of aromatic hydroxyl groups is 1. The van der Waals surface area contributed by atoms with Crippen LogP contribution in [0.15, 0.2) is 63.5 Å². The van der Waals surface area contributed by atoms with E-state index in [9.17, 15) is 19.1 Å². The molecule has 1 aliphatic rings. The molecule has 30 heavy (non-hydrogen) atoms. The quantitative estimate of drug-likeness (QED) is 0.644. The summed E-state index contributed by atoms with van der Waals surface area (Å²) >= 11 is 0. The lowest BCUT2D eigenvalue weighted by atomic mass is 9.98. The first-order valence-electron chi connectivity index (χ1n) is 9.60. The van der Waals surface area contributed by atoms with Crippen molar-refractivity contribution in [3.63, 3.8) is 0 Å². The predicted molar refractivity (Wildman–Crippen MR) is 109 cm³/mol. The van der Waals surface area contributed by atoms with Gasteiger partial charge in [0, 0.05) is 18.9 Å². The van der Waals surface area contributed by atoms with Crippen molar-refractivity contribution >= 4 is 6.21 Å². The maximum absolute atomic E-state index is 14.2. The molecular formula is C21H20FN5O3. The number of halogens is 1. The third kappa shape index (κ3) is 3.73. The number of para-hydroxylation sites is 1. The van der Waals surface area contributed by atoms with Gasteiger partial charge in [0.1, 0.15) is 11.4 Å². The van der Waals surface area contributed by atoms with Crippen LogP contribution in [0.1, 0.15) is 36.4 Å². The normalized spacial score (nSPS) is 16.8. The van der Waals surface area contributed by atoms with Gasteiger partial charge in [0.15, 0.2) is 0 Å². The zero-order chi connectivity index (χ0) is 21.1. The van der Waals surface area contributed by atoms with Crippen molar-refractivity contribution in [2.45, 2.75) is 25.3 Å². The molecule has 1 fully saturated rings. The molecule has 9 heteroatoms. The van der Waals surface area contributed by atoms with E-state index < -0.39 is 22.9 Å². The van der Waals surface area contributed by atoms with E-state index >= 15 is 0 Å². The maximum Gasteiger partial charge on any atom is 0.335 e. The number of pyridine rings is 1. The fourth-order valence-corrected chi connectivity index (χ4v) is 3.61. The molecule has 2 aromatic heterocycles. The van der Waals surface area contributed by atoms with Crippen LogP contribution in [-0.4, -0.2) is 37.4 Å². The Morgan fingerprint density at radius 2 is 2.03 bits per heavy atom. The number of rotatable bonds is 4. The second kappa shape index (κ2) is 8.32. The smallest absolute Gasteiger partial charge is 0.335 e. The summed E-state index contributed by atoms with van der Waals surface area (Å²) in [5.74, 6) is -1.38. The molecule has 3 heterocycles. The number of hydrogen-bond acceptors (Lipinski definition) is 6. The highest BCUT2D eigenvalue weighted by atomic mass is 19.1. The second-order valence-corrected chi connectivity index (χ2v) is 6.99. The van der Waals surface area contributed by atoms with Gasteiger partial charge in [0.05, 0.1) is 17.9 Å². The molecule has 0 aliphatic carbocycles. The minimum Gasteiger partial charge on any atom is -0.493 e. The van der Waals surface area contributed by atoms with Gasteiger partial charge in [-0.2, -0.15) is 5.10 Å². The van der Waals surface area contributed by atoms with Crippen LogP contribution in [0.2, 0.25) is 0 Å². The van der Waals surface area contributed by atoms with Gasteiger partial charge in [-0.15, -0.1) is 0 Å². The molecule has 2 N–H and O–H groups in total. The molecule has 0 amide bonds. The molecule has 8 nitrogen and oxygen atoms in total. The summed E-state index contributed by atoms with van der Waals surface area (Å²) < 4.78 is 14.9. The van der Waals surface area contributed by atoms with Gasteiger partial charge in [-0.25, -0.2) is 13.8 Å². The number of benzene rings is 1. The highest BCUT2D eigenvalue weighted by Gasteiger charge is 2.23. The highest BCUT2D eigenvalue weighted by Crippen LogP contribution is 2.30. The third-order valence-corrected chi connectivity index (χ3v) is 5.09. The molecule has 1 aliphatic heterocycles. The summed E-state index contributed by atoms with van der Waals surface area (Å²) in [7, 11) is 0. The lowest BCUT2D eigenvalue weighted by Gasteiger charge is -2.33. The molecule has 0 bridgehead atoms. The number of H-pyrrole nitrogens is 1. The Bertz CT molecular complexity index is 1190. The van der Waals surface area contributed by atoms with Gasteiger partial charge in [0.2, 0.25) is 5.88 Å². The van der Waals surface area contributed by atoms with Gasteiger partial charge in [0.25, 0.3) is 5.56 Å². The molecule has 4 rings (SSSR count). The Morgan fingerprint density at radius 1 is 1.20 bits per heavy atom. The van der Waals surface area contributed by atoms with E-state index in [1.807, 2.05) is 17.1 Å².